The fraction of sp³-hybridized carbons (Fsp3) is 0.233. The number of carbonyl (C=O) groups excluding carboxylic acids is 7. The number of aromatic hydroxyl groups is 2. The molecule has 0 aromatic heterocycles. The molecule has 0 aliphatic carbocycles. The van der Waals surface area contributed by atoms with Crippen LogP contribution in [0.25, 0.3) is 0 Å². The first-order valence-corrected chi connectivity index (χ1v) is 23.9. The highest BCUT2D eigenvalue weighted by Gasteiger charge is 2.09. The number of esters is 4. The van der Waals surface area contributed by atoms with Gasteiger partial charge in [0.25, 0.3) is 0 Å². The van der Waals surface area contributed by atoms with Crippen LogP contribution in [0.1, 0.15) is 110 Å². The number of ketones is 3. The second kappa shape index (κ2) is 37.2. The van der Waals surface area contributed by atoms with E-state index in [1.165, 1.54) is 72.0 Å². The Balaban J connectivity index is 0.000000468. The molecule has 0 saturated heterocycles. The van der Waals surface area contributed by atoms with Gasteiger partial charge in [0.2, 0.25) is 0 Å². The highest BCUT2D eigenvalue weighted by atomic mass is 16.5. The molecule has 18 nitrogen and oxygen atoms in total. The summed E-state index contributed by atoms with van der Waals surface area (Å²) < 4.78 is 29.7. The van der Waals surface area contributed by atoms with Crippen molar-refractivity contribution in [3.63, 3.8) is 0 Å². The zero-order valence-corrected chi connectivity index (χ0v) is 45.9. The quantitative estimate of drug-likeness (QED) is 0.0445. The Bertz CT molecular complexity index is 2950. The maximum Gasteiger partial charge on any atom is 0.308 e. The number of rotatable bonds is 14. The summed E-state index contributed by atoms with van der Waals surface area (Å²) >= 11 is 0. The van der Waals surface area contributed by atoms with Crippen LogP contribution in [0.4, 0.5) is 0 Å². The zero-order chi connectivity index (χ0) is 58.6. The van der Waals surface area contributed by atoms with Gasteiger partial charge in [0.15, 0.2) is 17.3 Å². The van der Waals surface area contributed by atoms with Crippen LogP contribution in [0.5, 0.6) is 46.0 Å². The highest BCUT2D eigenvalue weighted by Crippen LogP contribution is 2.25. The van der Waals surface area contributed by atoms with Gasteiger partial charge in [-0.3, -0.25) is 48.5 Å². The summed E-state index contributed by atoms with van der Waals surface area (Å²) in [4.78, 5) is 86.5. The molecule has 6 aromatic rings. The second-order valence-corrected chi connectivity index (χ2v) is 15.7. The van der Waals surface area contributed by atoms with Crippen LogP contribution in [0.2, 0.25) is 0 Å². The van der Waals surface area contributed by atoms with Gasteiger partial charge in [-0.2, -0.15) is 0 Å². The molecule has 0 aliphatic rings. The SMILES string of the molecule is CC(=O)Oc1ccc(C(C)=O)c(O)c1.CC(=O)Oc1ccc(C(C)=O)cc1.CCOc1ccc(C(C)=O)cc1.CCOc1ccc(C=NC)cc1.CN=Cc1ccc(OC(C)=O)cc1.CN=Cc1ccc(OC(C)=O)cc1O. The standard InChI is InChI=1S/C10H11NO3.C10H11NO2.C10H13NO.C10H10O4.C10H10O3.C10H12O2/c1-7(12)14-9-4-3-8(6-11-2)10(13)5-9;1-8(12)13-10-5-3-9(4-6-10)7-11-2;1-3-12-10-6-4-9(5-7-10)8-11-2;1-6(11)9-4-3-8(5-10(9)13)14-7(2)12;1-7(11)9-3-5-10(6-4-9)13-8(2)12;1-3-12-10-6-4-9(5-7-10)8(2)11/h3-6,13H,1-2H3;3-7H,1-2H3;4-8H,3H2,1-2H3;3-5,13H,1-2H3;3-6H,1-2H3;4-7H,3H2,1-2H3. The van der Waals surface area contributed by atoms with Crippen molar-refractivity contribution in [1.82, 2.24) is 0 Å². The van der Waals surface area contributed by atoms with Crippen molar-refractivity contribution in [2.24, 2.45) is 15.0 Å². The average molecular weight is 1070 g/mol. The lowest BCUT2D eigenvalue weighted by atomic mass is 10.1. The second-order valence-electron chi connectivity index (χ2n) is 15.7. The smallest absolute Gasteiger partial charge is 0.308 e. The van der Waals surface area contributed by atoms with Gasteiger partial charge < -0.3 is 38.6 Å². The number of carbonyl (C=O) groups is 7. The topological polar surface area (TPSA) is 252 Å². The average Bonchev–Trinajstić information content (AvgIpc) is 3.37. The third kappa shape index (κ3) is 28.8. The monoisotopic (exact) mass is 1070 g/mol. The minimum absolute atomic E-state index is 0.00521. The molecule has 0 fully saturated rings. The van der Waals surface area contributed by atoms with E-state index in [9.17, 15) is 43.8 Å². The molecule has 0 aliphatic heterocycles. The summed E-state index contributed by atoms with van der Waals surface area (Å²) in [5.74, 6) is 1.40. The van der Waals surface area contributed by atoms with E-state index in [4.69, 9.17) is 28.4 Å². The van der Waals surface area contributed by atoms with Gasteiger partial charge in [0, 0.05) is 96.3 Å². The number of ether oxygens (including phenoxy) is 6. The Kier molecular flexibility index (Phi) is 31.7. The Morgan fingerprint density at radius 1 is 0.385 bits per heavy atom. The molecule has 6 rings (SSSR count). The van der Waals surface area contributed by atoms with Gasteiger partial charge in [-0.1, -0.05) is 0 Å². The summed E-state index contributed by atoms with van der Waals surface area (Å²) in [5, 5.41) is 18.8. The molecule has 0 radical (unpaired) electrons. The fourth-order valence-electron chi connectivity index (χ4n) is 5.82. The van der Waals surface area contributed by atoms with E-state index < -0.39 is 11.9 Å². The lowest BCUT2D eigenvalue weighted by molar-refractivity contribution is -0.132. The van der Waals surface area contributed by atoms with Crippen LogP contribution in [-0.2, 0) is 19.2 Å². The first kappa shape index (κ1) is 66.4. The summed E-state index contributed by atoms with van der Waals surface area (Å²) in [6, 6.07) is 37.3. The van der Waals surface area contributed by atoms with Crippen molar-refractivity contribution < 1.29 is 72.2 Å². The van der Waals surface area contributed by atoms with Crippen LogP contribution in [0.15, 0.2) is 148 Å². The van der Waals surface area contributed by atoms with E-state index in [-0.39, 0.29) is 52.1 Å². The highest BCUT2D eigenvalue weighted by molar-refractivity contribution is 5.97. The molecule has 6 aromatic carbocycles. The molecule has 0 bridgehead atoms. The maximum atomic E-state index is 10.9. The molecular formula is C60H67N3O15. The number of hydrogen-bond donors (Lipinski definition) is 2. The maximum absolute atomic E-state index is 10.9. The van der Waals surface area contributed by atoms with Crippen molar-refractivity contribution in [2.45, 2.75) is 62.3 Å². The molecule has 0 heterocycles. The summed E-state index contributed by atoms with van der Waals surface area (Å²) in [5.41, 5.74) is 4.21. The minimum Gasteiger partial charge on any atom is -0.507 e. The van der Waals surface area contributed by atoms with Gasteiger partial charge in [-0.05, 0) is 167 Å². The number of hydrogen-bond acceptors (Lipinski definition) is 18. The van der Waals surface area contributed by atoms with E-state index in [0.29, 0.717) is 41.6 Å². The first-order valence-electron chi connectivity index (χ1n) is 23.9. The number of Topliss-reactive ketones (excluding diaryl/α,β-unsaturated/α-hetero) is 3. The Morgan fingerprint density at radius 3 is 1.00 bits per heavy atom. The first-order chi connectivity index (χ1) is 37.0. The number of benzene rings is 6. The van der Waals surface area contributed by atoms with Gasteiger partial charge >= 0.3 is 23.9 Å². The van der Waals surface area contributed by atoms with Crippen LogP contribution >= 0.6 is 0 Å². The summed E-state index contributed by atoms with van der Waals surface area (Å²) in [6.45, 7) is 14.9. The molecule has 2 N–H and O–H groups in total. The third-order valence-corrected chi connectivity index (χ3v) is 9.13. The van der Waals surface area contributed by atoms with Crippen LogP contribution in [0.3, 0.4) is 0 Å². The number of phenols is 2. The van der Waals surface area contributed by atoms with Gasteiger partial charge in [0.05, 0.1) is 18.8 Å². The van der Waals surface area contributed by atoms with Gasteiger partial charge in [-0.15, -0.1) is 0 Å². The lowest BCUT2D eigenvalue weighted by Gasteiger charge is -2.04. The van der Waals surface area contributed by atoms with Crippen LogP contribution in [-0.4, -0.2) is 104 Å². The van der Waals surface area contributed by atoms with E-state index in [1.807, 2.05) is 56.5 Å². The molecule has 0 atom stereocenters. The third-order valence-electron chi connectivity index (χ3n) is 9.13. The Hall–Kier alpha value is -9.58. The van der Waals surface area contributed by atoms with Crippen molar-refractivity contribution in [1.29, 1.82) is 0 Å². The Labute approximate surface area is 455 Å². The largest absolute Gasteiger partial charge is 0.507 e. The predicted octanol–water partition coefficient (Wildman–Crippen LogP) is 10.8. The van der Waals surface area contributed by atoms with Crippen molar-refractivity contribution >= 4 is 59.9 Å². The van der Waals surface area contributed by atoms with Crippen LogP contribution in [0, 0.1) is 0 Å². The molecule has 0 saturated carbocycles. The van der Waals surface area contributed by atoms with Gasteiger partial charge in [-0.25, -0.2) is 0 Å². The Morgan fingerprint density at radius 2 is 0.692 bits per heavy atom. The predicted molar refractivity (Wildman–Crippen MR) is 300 cm³/mol. The van der Waals surface area contributed by atoms with E-state index in [1.54, 1.807) is 107 Å². The van der Waals surface area contributed by atoms with Crippen molar-refractivity contribution in [3.8, 4) is 46.0 Å². The molecule has 18 heteroatoms. The fourth-order valence-corrected chi connectivity index (χ4v) is 5.82. The molecule has 0 unspecified atom stereocenters. The van der Waals surface area contributed by atoms with E-state index >= 15 is 0 Å². The number of phenolic OH excluding ortho intramolecular Hbond substituents is 2. The normalized spacial score (nSPS) is 9.95. The summed E-state index contributed by atoms with van der Waals surface area (Å²) in [6.07, 6.45) is 5.07. The van der Waals surface area contributed by atoms with Gasteiger partial charge in [0.1, 0.15) is 46.0 Å². The van der Waals surface area contributed by atoms with E-state index in [2.05, 4.69) is 15.0 Å². The molecular weight excluding hydrogens is 1000 g/mol. The van der Waals surface area contributed by atoms with Crippen molar-refractivity contribution in [2.75, 3.05) is 34.4 Å². The molecule has 0 spiro atoms. The summed E-state index contributed by atoms with van der Waals surface area (Å²) in [7, 11) is 5.08. The number of aliphatic imine (C=N–C) groups is 3. The van der Waals surface area contributed by atoms with Crippen molar-refractivity contribution in [3.05, 3.63) is 167 Å². The zero-order valence-electron chi connectivity index (χ0n) is 45.9. The van der Waals surface area contributed by atoms with E-state index in [0.717, 1.165) is 28.2 Å². The molecule has 0 amide bonds. The minimum atomic E-state index is -0.472. The number of nitrogens with zero attached hydrogens (tertiary/aromatic N) is 3. The lowest BCUT2D eigenvalue weighted by Crippen LogP contribution is -2.02. The molecule has 78 heavy (non-hydrogen) atoms. The van der Waals surface area contributed by atoms with Crippen LogP contribution < -0.4 is 28.4 Å². The molecule has 412 valence electrons.